The first-order valence-corrected chi connectivity index (χ1v) is 6.36. The van der Waals surface area contributed by atoms with Crippen molar-refractivity contribution in [3.63, 3.8) is 0 Å². The Morgan fingerprint density at radius 3 is 2.94 bits per heavy atom. The number of hydrogen-bond acceptors (Lipinski definition) is 3. The molecule has 1 saturated heterocycles. The summed E-state index contributed by atoms with van der Waals surface area (Å²) in [6.45, 7) is 0.836. The molecular weight excluding hydrogens is 204 g/mol. The van der Waals surface area contributed by atoms with Crippen molar-refractivity contribution in [2.75, 3.05) is 13.7 Å². The van der Waals surface area contributed by atoms with Gasteiger partial charge in [0.1, 0.15) is 0 Å². The number of methoxy groups -OCH3 is 1. The highest BCUT2D eigenvalue weighted by molar-refractivity contribution is 5.81. The van der Waals surface area contributed by atoms with Crippen LogP contribution in [0.3, 0.4) is 0 Å². The molecule has 4 heteroatoms. The molecule has 1 amide bonds. The van der Waals surface area contributed by atoms with E-state index < -0.39 is 0 Å². The molecular formula is C12H22N2O2. The Labute approximate surface area is 97.1 Å². The van der Waals surface area contributed by atoms with Crippen molar-refractivity contribution >= 4 is 5.91 Å². The van der Waals surface area contributed by atoms with Gasteiger partial charge in [-0.1, -0.05) is 0 Å². The Morgan fingerprint density at radius 1 is 1.31 bits per heavy atom. The van der Waals surface area contributed by atoms with E-state index in [1.165, 1.54) is 0 Å². The van der Waals surface area contributed by atoms with E-state index in [0.717, 1.165) is 45.1 Å². The first-order valence-electron chi connectivity index (χ1n) is 6.36. The molecule has 1 saturated carbocycles. The van der Waals surface area contributed by atoms with E-state index >= 15 is 0 Å². The van der Waals surface area contributed by atoms with E-state index in [2.05, 4.69) is 10.6 Å². The molecule has 92 valence electrons. The summed E-state index contributed by atoms with van der Waals surface area (Å²) in [5, 5.41) is 6.44. The van der Waals surface area contributed by atoms with Gasteiger partial charge in [-0.15, -0.1) is 0 Å². The summed E-state index contributed by atoms with van der Waals surface area (Å²) >= 11 is 0. The maximum absolute atomic E-state index is 11.7. The van der Waals surface area contributed by atoms with E-state index in [0.29, 0.717) is 12.1 Å². The fourth-order valence-electron chi connectivity index (χ4n) is 2.69. The first kappa shape index (κ1) is 11.9. The number of rotatable bonds is 3. The molecule has 3 atom stereocenters. The lowest BCUT2D eigenvalue weighted by Crippen LogP contribution is -2.46. The summed E-state index contributed by atoms with van der Waals surface area (Å²) in [5.74, 6) is 0.179. The van der Waals surface area contributed by atoms with Crippen molar-refractivity contribution in [2.24, 2.45) is 0 Å². The third kappa shape index (κ3) is 2.95. The number of amides is 1. The van der Waals surface area contributed by atoms with Gasteiger partial charge in [-0.2, -0.15) is 0 Å². The Balaban J connectivity index is 1.81. The van der Waals surface area contributed by atoms with Gasteiger partial charge in [0.2, 0.25) is 5.91 Å². The zero-order valence-corrected chi connectivity index (χ0v) is 10.00. The highest BCUT2D eigenvalue weighted by Gasteiger charge is 2.29. The first-order chi connectivity index (χ1) is 7.79. The average molecular weight is 226 g/mol. The summed E-state index contributed by atoms with van der Waals surface area (Å²) in [6, 6.07) is 0.474. The molecule has 0 aromatic rings. The molecule has 0 spiro atoms. The van der Waals surface area contributed by atoms with Crippen molar-refractivity contribution in [2.45, 2.75) is 56.7 Å². The molecule has 1 heterocycles. The molecule has 4 nitrogen and oxygen atoms in total. The van der Waals surface area contributed by atoms with Crippen LogP contribution in [0.5, 0.6) is 0 Å². The standard InChI is InChI=1S/C12H22N2O2/c1-16-10-6-5-9(8-10)14-11-4-2-3-7-13-12(11)15/h9-11,14H,2-8H2,1H3,(H,13,15). The summed E-state index contributed by atoms with van der Waals surface area (Å²) in [6.07, 6.45) is 6.88. The highest BCUT2D eigenvalue weighted by atomic mass is 16.5. The van der Waals surface area contributed by atoms with Crippen LogP contribution in [0.1, 0.15) is 38.5 Å². The predicted octanol–water partition coefficient (Wildman–Crippen LogP) is 0.812. The lowest BCUT2D eigenvalue weighted by atomic mass is 10.1. The normalized spacial score (nSPS) is 35.8. The molecule has 2 aliphatic rings. The fraction of sp³-hybridized carbons (Fsp3) is 0.917. The maximum atomic E-state index is 11.7. The summed E-state index contributed by atoms with van der Waals surface area (Å²) in [5.41, 5.74) is 0. The minimum atomic E-state index is 0.0168. The molecule has 2 N–H and O–H groups in total. The van der Waals surface area contributed by atoms with Crippen molar-refractivity contribution in [1.82, 2.24) is 10.6 Å². The van der Waals surface area contributed by atoms with Gasteiger partial charge < -0.3 is 15.4 Å². The van der Waals surface area contributed by atoms with Crippen molar-refractivity contribution in [3.8, 4) is 0 Å². The second kappa shape index (κ2) is 5.64. The monoisotopic (exact) mass is 226 g/mol. The van der Waals surface area contributed by atoms with Crippen molar-refractivity contribution < 1.29 is 9.53 Å². The Bertz CT molecular complexity index is 245. The third-order valence-corrected chi connectivity index (χ3v) is 3.69. The van der Waals surface area contributed by atoms with Gasteiger partial charge in [0.25, 0.3) is 0 Å². The van der Waals surface area contributed by atoms with Crippen LogP contribution in [0.4, 0.5) is 0 Å². The molecule has 0 aromatic heterocycles. The zero-order chi connectivity index (χ0) is 11.4. The molecule has 3 unspecified atom stereocenters. The smallest absolute Gasteiger partial charge is 0.237 e. The Kier molecular flexibility index (Phi) is 4.18. The van der Waals surface area contributed by atoms with Gasteiger partial charge in [0.15, 0.2) is 0 Å². The van der Waals surface area contributed by atoms with Crippen LogP contribution < -0.4 is 10.6 Å². The Hall–Kier alpha value is -0.610. The molecule has 2 fully saturated rings. The van der Waals surface area contributed by atoms with Gasteiger partial charge in [-0.25, -0.2) is 0 Å². The number of carbonyl (C=O) groups excluding carboxylic acids is 1. The van der Waals surface area contributed by atoms with E-state index in [-0.39, 0.29) is 11.9 Å². The number of hydrogen-bond donors (Lipinski definition) is 2. The highest BCUT2D eigenvalue weighted by Crippen LogP contribution is 2.22. The number of nitrogens with one attached hydrogen (secondary N) is 2. The molecule has 16 heavy (non-hydrogen) atoms. The van der Waals surface area contributed by atoms with E-state index in [9.17, 15) is 4.79 Å². The van der Waals surface area contributed by atoms with Crippen molar-refractivity contribution in [3.05, 3.63) is 0 Å². The average Bonchev–Trinajstić information content (AvgIpc) is 2.65. The second-order valence-electron chi connectivity index (χ2n) is 4.87. The van der Waals surface area contributed by atoms with Crippen LogP contribution in [0.2, 0.25) is 0 Å². The molecule has 0 aromatic carbocycles. The minimum Gasteiger partial charge on any atom is -0.381 e. The SMILES string of the molecule is COC1CCC(NC2CCCCNC2=O)C1. The summed E-state index contributed by atoms with van der Waals surface area (Å²) in [4.78, 5) is 11.7. The molecule has 2 rings (SSSR count). The third-order valence-electron chi connectivity index (χ3n) is 3.69. The number of ether oxygens (including phenoxy) is 1. The number of carbonyl (C=O) groups is 1. The zero-order valence-electron chi connectivity index (χ0n) is 10.00. The largest absolute Gasteiger partial charge is 0.381 e. The molecule has 0 bridgehead atoms. The van der Waals surface area contributed by atoms with Gasteiger partial charge in [0, 0.05) is 19.7 Å². The van der Waals surface area contributed by atoms with Crippen LogP contribution in [0, 0.1) is 0 Å². The van der Waals surface area contributed by atoms with Crippen LogP contribution in [0.25, 0.3) is 0 Å². The summed E-state index contributed by atoms with van der Waals surface area (Å²) in [7, 11) is 1.77. The van der Waals surface area contributed by atoms with E-state index in [1.54, 1.807) is 7.11 Å². The topological polar surface area (TPSA) is 50.4 Å². The van der Waals surface area contributed by atoms with Crippen molar-refractivity contribution in [1.29, 1.82) is 0 Å². The quantitative estimate of drug-likeness (QED) is 0.749. The van der Waals surface area contributed by atoms with Crippen LogP contribution >= 0.6 is 0 Å². The maximum Gasteiger partial charge on any atom is 0.237 e. The van der Waals surface area contributed by atoms with E-state index in [4.69, 9.17) is 4.74 Å². The molecule has 1 aliphatic heterocycles. The van der Waals surface area contributed by atoms with Crippen LogP contribution in [-0.4, -0.2) is 37.7 Å². The Morgan fingerprint density at radius 2 is 2.19 bits per heavy atom. The van der Waals surface area contributed by atoms with Gasteiger partial charge in [0.05, 0.1) is 12.1 Å². The lowest BCUT2D eigenvalue weighted by molar-refractivity contribution is -0.123. The summed E-state index contributed by atoms with van der Waals surface area (Å²) < 4.78 is 5.34. The van der Waals surface area contributed by atoms with Gasteiger partial charge in [-0.3, -0.25) is 4.79 Å². The van der Waals surface area contributed by atoms with E-state index in [1.807, 2.05) is 0 Å². The molecule has 0 radical (unpaired) electrons. The second-order valence-corrected chi connectivity index (χ2v) is 4.87. The van der Waals surface area contributed by atoms with Crippen LogP contribution in [0.15, 0.2) is 0 Å². The minimum absolute atomic E-state index is 0.0168. The predicted molar refractivity (Wildman–Crippen MR) is 62.2 cm³/mol. The molecule has 1 aliphatic carbocycles. The lowest BCUT2D eigenvalue weighted by Gasteiger charge is -2.20. The van der Waals surface area contributed by atoms with Gasteiger partial charge >= 0.3 is 0 Å². The fourth-order valence-corrected chi connectivity index (χ4v) is 2.69. The van der Waals surface area contributed by atoms with Crippen LogP contribution in [-0.2, 0) is 9.53 Å². The van der Waals surface area contributed by atoms with Gasteiger partial charge in [-0.05, 0) is 38.5 Å².